The van der Waals surface area contributed by atoms with Crippen LogP contribution in [0.15, 0.2) is 72.8 Å². The summed E-state index contributed by atoms with van der Waals surface area (Å²) in [5.41, 5.74) is 4.73. The Morgan fingerprint density at radius 1 is 0.423 bits per heavy atom. The highest BCUT2D eigenvalue weighted by Crippen LogP contribution is 2.66. The minimum atomic E-state index is 0.110. The largest absolute Gasteiger partial charge is 0.370 e. The second-order valence-corrected chi connectivity index (χ2v) is 16.4. The third kappa shape index (κ3) is 10.9. The lowest BCUT2D eigenvalue weighted by atomic mass is 9.50. The van der Waals surface area contributed by atoms with Gasteiger partial charge in [0.25, 0.3) is 0 Å². The Kier molecular flexibility index (Phi) is 14.3. The van der Waals surface area contributed by atoms with Gasteiger partial charge in [-0.25, -0.2) is 9.97 Å². The maximum Gasteiger partial charge on any atom is 0.224 e. The molecule has 0 spiro atoms. The average molecular weight is 705 g/mol. The molecule has 0 bridgehead atoms. The zero-order chi connectivity index (χ0) is 37.0. The van der Waals surface area contributed by atoms with Crippen LogP contribution in [-0.2, 0) is 0 Å². The number of nitrogens with zero attached hydrogens (tertiary/aromatic N) is 4. The molecule has 1 fully saturated rings. The molecular formula is C44H64N8. The smallest absolute Gasteiger partial charge is 0.224 e. The number of hydrogen-bond acceptors (Lipinski definition) is 8. The van der Waals surface area contributed by atoms with Crippen LogP contribution < -0.4 is 21.3 Å². The van der Waals surface area contributed by atoms with Crippen LogP contribution >= 0.6 is 0 Å². The molecule has 2 aromatic heterocycles. The van der Waals surface area contributed by atoms with Crippen molar-refractivity contribution in [3.05, 3.63) is 95.3 Å². The van der Waals surface area contributed by atoms with E-state index in [0.717, 1.165) is 74.9 Å². The second-order valence-electron chi connectivity index (χ2n) is 16.4. The van der Waals surface area contributed by atoms with Crippen molar-refractivity contribution >= 4 is 23.5 Å². The summed E-state index contributed by atoms with van der Waals surface area (Å²) in [6, 6.07) is 26.4. The first-order valence-corrected chi connectivity index (χ1v) is 19.9. The highest BCUT2D eigenvalue weighted by atomic mass is 15.2. The lowest BCUT2D eigenvalue weighted by Gasteiger charge is -2.52. The quantitative estimate of drug-likeness (QED) is 0.0721. The molecule has 8 heteroatoms. The SMILES string of the molecule is CC(C)CCNc1cc(C2[C@H](c3ccccc3)[C@H](c3cc(NCCC(C)C)nc(NCCC(C)C)n3)[C@H]2c2ccccc2)nc(NCCC(C)C)n1. The van der Waals surface area contributed by atoms with E-state index in [9.17, 15) is 0 Å². The maximum atomic E-state index is 5.30. The first-order valence-electron chi connectivity index (χ1n) is 19.9. The molecule has 1 aliphatic rings. The van der Waals surface area contributed by atoms with Crippen LogP contribution in [0.2, 0.25) is 0 Å². The summed E-state index contributed by atoms with van der Waals surface area (Å²) < 4.78 is 0. The maximum absolute atomic E-state index is 5.30. The van der Waals surface area contributed by atoms with Crippen LogP contribution in [0.1, 0.15) is 127 Å². The van der Waals surface area contributed by atoms with Crippen molar-refractivity contribution in [1.82, 2.24) is 19.9 Å². The lowest BCUT2D eigenvalue weighted by Crippen LogP contribution is -2.41. The number of nitrogens with one attached hydrogen (secondary N) is 4. The molecule has 2 aromatic carbocycles. The Hall–Kier alpha value is -4.20. The molecule has 1 saturated carbocycles. The molecule has 280 valence electrons. The molecule has 52 heavy (non-hydrogen) atoms. The van der Waals surface area contributed by atoms with Crippen molar-refractivity contribution in [3.63, 3.8) is 0 Å². The second kappa shape index (κ2) is 19.0. The van der Waals surface area contributed by atoms with Crippen LogP contribution in [0.3, 0.4) is 0 Å². The third-order valence-corrected chi connectivity index (χ3v) is 10.2. The fourth-order valence-electron chi connectivity index (χ4n) is 7.20. The van der Waals surface area contributed by atoms with Crippen LogP contribution in [0.5, 0.6) is 0 Å². The highest BCUT2D eigenvalue weighted by molar-refractivity contribution is 5.52. The Bertz CT molecular complexity index is 1440. The van der Waals surface area contributed by atoms with Gasteiger partial charge in [-0.1, -0.05) is 116 Å². The molecule has 0 amide bonds. The van der Waals surface area contributed by atoms with Gasteiger partial charge in [0.1, 0.15) is 11.6 Å². The molecule has 1 aliphatic carbocycles. The molecule has 8 nitrogen and oxygen atoms in total. The fourth-order valence-corrected chi connectivity index (χ4v) is 7.20. The number of benzene rings is 2. The van der Waals surface area contributed by atoms with Crippen LogP contribution in [0, 0.1) is 23.7 Å². The minimum absolute atomic E-state index is 0.110. The Morgan fingerprint density at radius 3 is 1.08 bits per heavy atom. The molecular weight excluding hydrogens is 641 g/mol. The van der Waals surface area contributed by atoms with Crippen molar-refractivity contribution in [2.45, 2.75) is 105 Å². The van der Waals surface area contributed by atoms with Crippen molar-refractivity contribution in [3.8, 4) is 0 Å². The number of rotatable bonds is 20. The first-order chi connectivity index (χ1) is 25.1. The van der Waals surface area contributed by atoms with E-state index in [-0.39, 0.29) is 23.7 Å². The Morgan fingerprint density at radius 2 is 0.750 bits per heavy atom. The summed E-state index contributed by atoms with van der Waals surface area (Å²) in [5.74, 6) is 6.09. The normalized spacial score (nSPS) is 18.5. The van der Waals surface area contributed by atoms with Crippen molar-refractivity contribution in [1.29, 1.82) is 0 Å². The Labute approximate surface area is 313 Å². The van der Waals surface area contributed by atoms with Crippen molar-refractivity contribution in [2.75, 3.05) is 47.4 Å². The minimum Gasteiger partial charge on any atom is -0.370 e. The van der Waals surface area contributed by atoms with Crippen molar-refractivity contribution in [2.24, 2.45) is 23.7 Å². The van der Waals surface area contributed by atoms with E-state index in [1.54, 1.807) is 0 Å². The van der Waals surface area contributed by atoms with Gasteiger partial charge in [0.15, 0.2) is 0 Å². The predicted molar refractivity (Wildman–Crippen MR) is 220 cm³/mol. The van der Waals surface area contributed by atoms with Gasteiger partial charge >= 0.3 is 0 Å². The summed E-state index contributed by atoms with van der Waals surface area (Å²) in [4.78, 5) is 20.6. The van der Waals surface area contributed by atoms with E-state index in [1.807, 2.05) is 0 Å². The van der Waals surface area contributed by atoms with Crippen LogP contribution in [-0.4, -0.2) is 46.1 Å². The van der Waals surface area contributed by atoms with Gasteiger partial charge in [0, 0.05) is 62.0 Å². The zero-order valence-electron chi connectivity index (χ0n) is 33.0. The molecule has 0 radical (unpaired) electrons. The van der Waals surface area contributed by atoms with E-state index in [0.29, 0.717) is 35.6 Å². The first kappa shape index (κ1) is 39.0. The van der Waals surface area contributed by atoms with Gasteiger partial charge < -0.3 is 21.3 Å². The highest BCUT2D eigenvalue weighted by Gasteiger charge is 2.54. The van der Waals surface area contributed by atoms with E-state index in [1.165, 1.54) is 11.1 Å². The number of anilines is 4. The molecule has 0 atom stereocenters. The zero-order valence-corrected chi connectivity index (χ0v) is 33.0. The molecule has 4 aromatic rings. The van der Waals surface area contributed by atoms with Gasteiger partial charge in [-0.3, -0.25) is 0 Å². The standard InChI is InChI=1S/C44H64N8/c1-29(2)19-23-45-37-27-35(49-43(51-37)47-25-21-31(5)6)41-39(33-15-11-9-12-16-33)42(40(41)34-17-13-10-14-18-34)36-28-38(46-24-20-30(3)4)52-44(50-36)48-26-22-32(7)8/h9-18,27-32,39-42H,19-26H2,1-8H3,(H2,45,47,49,51)(H2,46,48,50,52)/t39-,40-,41-,42?/m1/s1. The Balaban J connectivity index is 1.62. The predicted octanol–water partition coefficient (Wildman–Crippen LogP) is 10.5. The summed E-state index contributed by atoms with van der Waals surface area (Å²) in [5, 5.41) is 14.5. The fraction of sp³-hybridized carbons (Fsp3) is 0.545. The molecule has 0 saturated heterocycles. The lowest BCUT2D eigenvalue weighted by molar-refractivity contribution is 0.220. The monoisotopic (exact) mass is 705 g/mol. The van der Waals surface area contributed by atoms with Crippen LogP contribution in [0.4, 0.5) is 23.5 Å². The molecule has 4 N–H and O–H groups in total. The summed E-state index contributed by atoms with van der Waals surface area (Å²) in [7, 11) is 0. The number of hydrogen-bond donors (Lipinski definition) is 4. The molecule has 2 heterocycles. The summed E-state index contributed by atoms with van der Waals surface area (Å²) in [6.45, 7) is 21.5. The molecule has 0 unspecified atom stereocenters. The average Bonchev–Trinajstić information content (AvgIpc) is 3.08. The van der Waals surface area contributed by atoms with Gasteiger partial charge in [0.05, 0.1) is 11.4 Å². The summed E-state index contributed by atoms with van der Waals surface area (Å²) >= 11 is 0. The molecule has 0 aliphatic heterocycles. The van der Waals surface area contributed by atoms with Gasteiger partial charge in [-0.2, -0.15) is 9.97 Å². The van der Waals surface area contributed by atoms with Gasteiger partial charge in [0.2, 0.25) is 11.9 Å². The topological polar surface area (TPSA) is 99.7 Å². The molecule has 5 rings (SSSR count). The summed E-state index contributed by atoms with van der Waals surface area (Å²) in [6.07, 6.45) is 4.27. The third-order valence-electron chi connectivity index (χ3n) is 10.2. The van der Waals surface area contributed by atoms with Crippen LogP contribution in [0.25, 0.3) is 0 Å². The van der Waals surface area contributed by atoms with E-state index in [4.69, 9.17) is 19.9 Å². The van der Waals surface area contributed by atoms with Gasteiger partial charge in [-0.05, 0) is 60.5 Å². The van der Waals surface area contributed by atoms with E-state index >= 15 is 0 Å². The number of aromatic nitrogens is 4. The van der Waals surface area contributed by atoms with E-state index < -0.39 is 0 Å². The van der Waals surface area contributed by atoms with Gasteiger partial charge in [-0.15, -0.1) is 0 Å². The van der Waals surface area contributed by atoms with E-state index in [2.05, 4.69) is 149 Å². The van der Waals surface area contributed by atoms with Crippen molar-refractivity contribution < 1.29 is 0 Å².